The molecule has 1 atom stereocenters. The lowest BCUT2D eigenvalue weighted by atomic mass is 10.0. The highest BCUT2D eigenvalue weighted by Gasteiger charge is 2.29. The largest absolute Gasteiger partial charge is 0.417 e. The van der Waals surface area contributed by atoms with Crippen LogP contribution in [-0.2, 0) is 10.0 Å². The lowest BCUT2D eigenvalue weighted by Gasteiger charge is -2.33. The van der Waals surface area contributed by atoms with Crippen molar-refractivity contribution in [1.82, 2.24) is 14.6 Å². The van der Waals surface area contributed by atoms with Gasteiger partial charge in [0.25, 0.3) is 5.91 Å². The van der Waals surface area contributed by atoms with Crippen LogP contribution < -0.4 is 10.5 Å². The number of carbonyl (C=O) groups excluding carboxylic acids is 1. The van der Waals surface area contributed by atoms with E-state index in [0.29, 0.717) is 24.9 Å². The van der Waals surface area contributed by atoms with E-state index in [-0.39, 0.29) is 28.5 Å². The van der Waals surface area contributed by atoms with Crippen molar-refractivity contribution in [3.63, 3.8) is 0 Å². The van der Waals surface area contributed by atoms with Crippen LogP contribution in [0.1, 0.15) is 23.2 Å². The quantitative estimate of drug-likeness (QED) is 0.670. The highest BCUT2D eigenvalue weighted by atomic mass is 32.2. The molecule has 10 heteroatoms. The van der Waals surface area contributed by atoms with Gasteiger partial charge in [-0.3, -0.25) is 9.78 Å². The number of nitrogens with one attached hydrogen (secondary N) is 2. The second kappa shape index (κ2) is 7.45. The maximum Gasteiger partial charge on any atom is 0.417 e. The molecule has 2 heterocycles. The summed E-state index contributed by atoms with van der Waals surface area (Å²) in [7, 11) is -3.92. The lowest BCUT2D eigenvalue weighted by Crippen LogP contribution is -2.49. The fourth-order valence-corrected chi connectivity index (χ4v) is 4.78. The highest BCUT2D eigenvalue weighted by Crippen LogP contribution is 2.21. The zero-order valence-electron chi connectivity index (χ0n) is 15.2. The molecule has 2 N–H and O–H groups in total. The summed E-state index contributed by atoms with van der Waals surface area (Å²) in [5.41, 5.74) is 0.820. The van der Waals surface area contributed by atoms with E-state index in [2.05, 4.69) is 9.71 Å². The first-order valence-electron chi connectivity index (χ1n) is 9.02. The molecule has 0 saturated carbocycles. The Balaban J connectivity index is 1.53. The van der Waals surface area contributed by atoms with Crippen molar-refractivity contribution in [2.45, 2.75) is 23.8 Å². The molecule has 3 aromatic rings. The van der Waals surface area contributed by atoms with Gasteiger partial charge in [-0.1, -0.05) is 12.1 Å². The molecule has 4 rings (SSSR count). The Morgan fingerprint density at radius 1 is 1.24 bits per heavy atom. The van der Waals surface area contributed by atoms with Gasteiger partial charge >= 0.3 is 5.76 Å². The Bertz CT molecular complexity index is 1230. The predicted molar refractivity (Wildman–Crippen MR) is 102 cm³/mol. The van der Waals surface area contributed by atoms with Gasteiger partial charge in [0.2, 0.25) is 10.0 Å². The van der Waals surface area contributed by atoms with E-state index in [1.165, 1.54) is 23.1 Å². The number of amides is 1. The molecule has 1 saturated heterocycles. The number of para-hydroxylation sites is 1. The molecule has 29 heavy (non-hydrogen) atoms. The Hall–Kier alpha value is -2.98. The second-order valence-electron chi connectivity index (χ2n) is 6.87. The summed E-state index contributed by atoms with van der Waals surface area (Å²) in [6, 6.07) is 9.05. The molecule has 1 fully saturated rings. The molecule has 0 aliphatic carbocycles. The molecule has 1 unspecified atom stereocenters. The van der Waals surface area contributed by atoms with Crippen LogP contribution in [0, 0.1) is 5.82 Å². The van der Waals surface area contributed by atoms with E-state index in [0.717, 1.165) is 6.07 Å². The van der Waals surface area contributed by atoms with Crippen LogP contribution in [0.2, 0.25) is 0 Å². The van der Waals surface area contributed by atoms with Gasteiger partial charge in [-0.05, 0) is 43.2 Å². The summed E-state index contributed by atoms with van der Waals surface area (Å²) in [5.74, 6) is -1.65. The maximum atomic E-state index is 13.4. The number of rotatable bonds is 4. The second-order valence-corrected chi connectivity index (χ2v) is 8.58. The standard InChI is InChI=1S/C19H18FN3O5S/c20-12-4-1-6-14(10-12)29(26,27)22-13-5-3-9-23(11-13)18(24)15-7-2-8-16-17(15)28-19(25)21-16/h1-2,4,6-8,10,13,22H,3,5,9,11H2,(H,21,25). The van der Waals surface area contributed by atoms with E-state index >= 15 is 0 Å². The average molecular weight is 419 g/mol. The first-order chi connectivity index (χ1) is 13.8. The predicted octanol–water partition coefficient (Wildman–Crippen LogP) is 1.84. The maximum absolute atomic E-state index is 13.4. The number of carbonyl (C=O) groups is 1. The van der Waals surface area contributed by atoms with E-state index in [1.54, 1.807) is 18.2 Å². The normalized spacial score (nSPS) is 17.6. The smallest absolute Gasteiger partial charge is 0.407 e. The summed E-state index contributed by atoms with van der Waals surface area (Å²) in [6.45, 7) is 0.598. The van der Waals surface area contributed by atoms with Crippen molar-refractivity contribution < 1.29 is 22.0 Å². The summed E-state index contributed by atoms with van der Waals surface area (Å²) in [5, 5.41) is 0. The van der Waals surface area contributed by atoms with E-state index < -0.39 is 27.6 Å². The number of aromatic nitrogens is 1. The average Bonchev–Trinajstić information content (AvgIpc) is 3.07. The number of halogens is 1. The van der Waals surface area contributed by atoms with Gasteiger partial charge in [-0.15, -0.1) is 0 Å². The summed E-state index contributed by atoms with van der Waals surface area (Å²) in [6.07, 6.45) is 1.14. The number of likely N-dealkylation sites (tertiary alicyclic amines) is 1. The number of aromatic amines is 1. The Kier molecular flexibility index (Phi) is 4.97. The van der Waals surface area contributed by atoms with Gasteiger partial charge < -0.3 is 9.32 Å². The first kappa shape index (κ1) is 19.3. The summed E-state index contributed by atoms with van der Waals surface area (Å²) in [4.78, 5) is 28.3. The van der Waals surface area contributed by atoms with Gasteiger partial charge in [0.05, 0.1) is 16.0 Å². The van der Waals surface area contributed by atoms with Gasteiger partial charge in [-0.25, -0.2) is 22.3 Å². The van der Waals surface area contributed by atoms with Crippen molar-refractivity contribution in [2.75, 3.05) is 13.1 Å². The molecule has 1 aliphatic rings. The fourth-order valence-electron chi connectivity index (χ4n) is 3.49. The van der Waals surface area contributed by atoms with E-state index in [9.17, 15) is 22.4 Å². The van der Waals surface area contributed by atoms with Crippen molar-refractivity contribution >= 4 is 27.0 Å². The van der Waals surface area contributed by atoms with Crippen molar-refractivity contribution in [3.8, 4) is 0 Å². The Morgan fingerprint density at radius 3 is 2.83 bits per heavy atom. The van der Waals surface area contributed by atoms with Crippen molar-refractivity contribution in [1.29, 1.82) is 0 Å². The Morgan fingerprint density at radius 2 is 2.03 bits per heavy atom. The molecule has 1 amide bonds. The third-order valence-electron chi connectivity index (χ3n) is 4.81. The van der Waals surface area contributed by atoms with Crippen LogP contribution in [-0.4, -0.2) is 43.3 Å². The number of hydrogen-bond acceptors (Lipinski definition) is 5. The van der Waals surface area contributed by atoms with Crippen LogP contribution in [0.5, 0.6) is 0 Å². The first-order valence-corrected chi connectivity index (χ1v) is 10.5. The SMILES string of the molecule is O=C(c1cccc2[nH]c(=O)oc12)N1CCCC(NS(=O)(=O)c2cccc(F)c2)C1. The molecule has 1 aromatic heterocycles. The number of hydrogen-bond donors (Lipinski definition) is 2. The molecule has 2 aromatic carbocycles. The van der Waals surface area contributed by atoms with Gasteiger partial charge in [-0.2, -0.15) is 0 Å². The monoisotopic (exact) mass is 419 g/mol. The molecule has 152 valence electrons. The molecular formula is C19H18FN3O5S. The minimum absolute atomic E-state index is 0.151. The molecule has 8 nitrogen and oxygen atoms in total. The van der Waals surface area contributed by atoms with Crippen molar-refractivity contribution in [2.24, 2.45) is 0 Å². The van der Waals surface area contributed by atoms with Gasteiger partial charge in [0.1, 0.15) is 5.82 Å². The Labute approximate surface area is 165 Å². The number of sulfonamides is 1. The van der Waals surface area contributed by atoms with E-state index in [4.69, 9.17) is 4.42 Å². The zero-order chi connectivity index (χ0) is 20.6. The number of piperidine rings is 1. The molecule has 1 aliphatic heterocycles. The lowest BCUT2D eigenvalue weighted by molar-refractivity contribution is 0.0704. The molecule has 0 spiro atoms. The summed E-state index contributed by atoms with van der Waals surface area (Å²) < 4.78 is 46.1. The highest BCUT2D eigenvalue weighted by molar-refractivity contribution is 7.89. The number of oxazole rings is 1. The third-order valence-corrected chi connectivity index (χ3v) is 6.33. The fraction of sp³-hybridized carbons (Fsp3) is 0.263. The number of nitrogens with zero attached hydrogens (tertiary/aromatic N) is 1. The molecular weight excluding hydrogens is 401 g/mol. The number of H-pyrrole nitrogens is 1. The summed E-state index contributed by atoms with van der Waals surface area (Å²) >= 11 is 0. The van der Waals surface area contributed by atoms with Gasteiger partial charge in [0.15, 0.2) is 5.58 Å². The van der Waals surface area contributed by atoms with Crippen LogP contribution in [0.25, 0.3) is 11.1 Å². The molecule has 0 bridgehead atoms. The third kappa shape index (κ3) is 3.94. The van der Waals surface area contributed by atoms with E-state index in [1.807, 2.05) is 0 Å². The topological polar surface area (TPSA) is 112 Å². The minimum atomic E-state index is -3.92. The zero-order valence-corrected chi connectivity index (χ0v) is 16.0. The number of benzene rings is 2. The number of fused-ring (bicyclic) bond motifs is 1. The van der Waals surface area contributed by atoms with Crippen LogP contribution in [0.15, 0.2) is 56.6 Å². The minimum Gasteiger partial charge on any atom is -0.407 e. The van der Waals surface area contributed by atoms with Crippen LogP contribution >= 0.6 is 0 Å². The van der Waals surface area contributed by atoms with Gasteiger partial charge in [0, 0.05) is 19.1 Å². The molecule has 0 radical (unpaired) electrons. The van der Waals surface area contributed by atoms with Crippen LogP contribution in [0.4, 0.5) is 4.39 Å². The van der Waals surface area contributed by atoms with Crippen LogP contribution in [0.3, 0.4) is 0 Å². The van der Waals surface area contributed by atoms with Crippen molar-refractivity contribution in [3.05, 3.63) is 64.4 Å².